The molecule has 0 spiro atoms. The number of nitrogens with zero attached hydrogens (tertiary/aromatic N) is 1. The minimum Gasteiger partial charge on any atom is -0.340 e. The molecule has 24 heavy (non-hydrogen) atoms. The van der Waals surface area contributed by atoms with Gasteiger partial charge in [0.25, 0.3) is 5.91 Å². The van der Waals surface area contributed by atoms with Crippen LogP contribution in [0.15, 0.2) is 42.5 Å². The number of nitrogens with one attached hydrogen (secondary N) is 1. The van der Waals surface area contributed by atoms with Crippen LogP contribution >= 0.6 is 0 Å². The van der Waals surface area contributed by atoms with Crippen LogP contribution in [0, 0.1) is 18.6 Å². The van der Waals surface area contributed by atoms with Crippen LogP contribution in [0.5, 0.6) is 0 Å². The first-order valence-electron chi connectivity index (χ1n) is 7.59. The predicted octanol–water partition coefficient (Wildman–Crippen LogP) is 2.81. The number of hydrogen-bond acceptors (Lipinski definition) is 2. The number of amides is 2. The highest BCUT2D eigenvalue weighted by atomic mass is 19.1. The molecule has 6 heteroatoms. The molecule has 1 fully saturated rings. The van der Waals surface area contributed by atoms with Crippen LogP contribution in [-0.2, 0) is 4.79 Å². The Balaban J connectivity index is 1.71. The highest BCUT2D eigenvalue weighted by molar-refractivity contribution is 6.03. The van der Waals surface area contributed by atoms with E-state index in [0.717, 1.165) is 23.4 Å². The smallest absolute Gasteiger partial charge is 0.254 e. The summed E-state index contributed by atoms with van der Waals surface area (Å²) in [6.45, 7) is 2.43. The Labute approximate surface area is 138 Å². The third-order valence-electron chi connectivity index (χ3n) is 4.03. The van der Waals surface area contributed by atoms with Crippen molar-refractivity contribution in [3.05, 3.63) is 65.2 Å². The average Bonchev–Trinajstić information content (AvgIpc) is 2.89. The van der Waals surface area contributed by atoms with E-state index in [1.54, 1.807) is 4.90 Å². The van der Waals surface area contributed by atoms with Crippen molar-refractivity contribution in [2.24, 2.45) is 0 Å². The number of carbonyl (C=O) groups excluding carboxylic acids is 2. The summed E-state index contributed by atoms with van der Waals surface area (Å²) in [7, 11) is 0. The monoisotopic (exact) mass is 330 g/mol. The van der Waals surface area contributed by atoms with E-state index >= 15 is 0 Å². The fraction of sp³-hybridized carbons (Fsp3) is 0.222. The Morgan fingerprint density at radius 3 is 2.54 bits per heavy atom. The fourth-order valence-corrected chi connectivity index (χ4v) is 2.70. The van der Waals surface area contributed by atoms with Crippen molar-refractivity contribution in [2.45, 2.75) is 19.4 Å². The SMILES string of the molecule is Cc1ccc(N2CCC(NC(=O)c3ccc(F)cc3F)C2=O)cc1. The van der Waals surface area contributed by atoms with Crippen molar-refractivity contribution in [1.29, 1.82) is 0 Å². The molecule has 2 aromatic rings. The summed E-state index contributed by atoms with van der Waals surface area (Å²) >= 11 is 0. The Bertz CT molecular complexity index is 790. The minimum atomic E-state index is -0.951. The van der Waals surface area contributed by atoms with Gasteiger partial charge in [-0.3, -0.25) is 9.59 Å². The van der Waals surface area contributed by atoms with Crippen LogP contribution in [0.3, 0.4) is 0 Å². The number of hydrogen-bond donors (Lipinski definition) is 1. The number of aryl methyl sites for hydroxylation is 1. The first-order chi connectivity index (χ1) is 11.5. The molecule has 2 amide bonds. The van der Waals surface area contributed by atoms with Crippen LogP contribution in [0.1, 0.15) is 22.3 Å². The summed E-state index contributed by atoms with van der Waals surface area (Å²) < 4.78 is 26.6. The van der Waals surface area contributed by atoms with E-state index in [2.05, 4.69) is 5.32 Å². The van der Waals surface area contributed by atoms with Gasteiger partial charge in [-0.1, -0.05) is 17.7 Å². The Morgan fingerprint density at radius 2 is 1.88 bits per heavy atom. The van der Waals surface area contributed by atoms with E-state index in [9.17, 15) is 18.4 Å². The van der Waals surface area contributed by atoms with Gasteiger partial charge < -0.3 is 10.2 Å². The van der Waals surface area contributed by atoms with Gasteiger partial charge in [0, 0.05) is 18.3 Å². The van der Waals surface area contributed by atoms with Crippen LogP contribution in [-0.4, -0.2) is 24.4 Å². The normalized spacial score (nSPS) is 17.2. The average molecular weight is 330 g/mol. The van der Waals surface area contributed by atoms with Crippen molar-refractivity contribution in [1.82, 2.24) is 5.32 Å². The van der Waals surface area contributed by atoms with E-state index in [4.69, 9.17) is 0 Å². The molecule has 1 aliphatic heterocycles. The molecule has 2 aromatic carbocycles. The lowest BCUT2D eigenvalue weighted by Gasteiger charge is -2.17. The van der Waals surface area contributed by atoms with Gasteiger partial charge in [-0.2, -0.15) is 0 Å². The van der Waals surface area contributed by atoms with E-state index < -0.39 is 23.6 Å². The van der Waals surface area contributed by atoms with Gasteiger partial charge in [0.05, 0.1) is 5.56 Å². The minimum absolute atomic E-state index is 0.241. The molecule has 1 heterocycles. The Morgan fingerprint density at radius 1 is 1.17 bits per heavy atom. The molecule has 0 radical (unpaired) electrons. The summed E-state index contributed by atoms with van der Waals surface area (Å²) in [4.78, 5) is 26.2. The van der Waals surface area contributed by atoms with Crippen LogP contribution < -0.4 is 10.2 Å². The summed E-state index contributed by atoms with van der Waals surface area (Å²) in [5.74, 6) is -2.67. The quantitative estimate of drug-likeness (QED) is 0.941. The third-order valence-corrected chi connectivity index (χ3v) is 4.03. The Hall–Kier alpha value is -2.76. The van der Waals surface area contributed by atoms with E-state index in [0.29, 0.717) is 19.0 Å². The summed E-state index contributed by atoms with van der Waals surface area (Å²) in [5, 5.41) is 2.52. The molecular weight excluding hydrogens is 314 g/mol. The molecule has 1 saturated heterocycles. The second-order valence-electron chi connectivity index (χ2n) is 5.76. The first-order valence-corrected chi connectivity index (χ1v) is 7.59. The molecule has 1 unspecified atom stereocenters. The second kappa shape index (κ2) is 6.39. The van der Waals surface area contributed by atoms with Crippen LogP contribution in [0.2, 0.25) is 0 Å². The molecule has 1 N–H and O–H groups in total. The van der Waals surface area contributed by atoms with Gasteiger partial charge >= 0.3 is 0 Å². The van der Waals surface area contributed by atoms with Crippen molar-refractivity contribution in [2.75, 3.05) is 11.4 Å². The largest absolute Gasteiger partial charge is 0.340 e. The maximum atomic E-state index is 13.7. The zero-order chi connectivity index (χ0) is 17.3. The molecule has 0 aliphatic carbocycles. The summed E-state index contributed by atoms with van der Waals surface area (Å²) in [5.41, 5.74) is 1.57. The highest BCUT2D eigenvalue weighted by Crippen LogP contribution is 2.22. The molecule has 3 rings (SSSR count). The number of carbonyl (C=O) groups is 2. The van der Waals surface area contributed by atoms with Crippen molar-refractivity contribution >= 4 is 17.5 Å². The van der Waals surface area contributed by atoms with Crippen LogP contribution in [0.4, 0.5) is 14.5 Å². The molecular formula is C18H16F2N2O2. The number of rotatable bonds is 3. The molecule has 0 aromatic heterocycles. The fourth-order valence-electron chi connectivity index (χ4n) is 2.70. The van der Waals surface area contributed by atoms with E-state index in [1.807, 2.05) is 31.2 Å². The lowest BCUT2D eigenvalue weighted by atomic mass is 10.1. The second-order valence-corrected chi connectivity index (χ2v) is 5.76. The zero-order valence-corrected chi connectivity index (χ0v) is 13.1. The predicted molar refractivity (Wildman–Crippen MR) is 85.8 cm³/mol. The van der Waals surface area contributed by atoms with Gasteiger partial charge in [0.2, 0.25) is 5.91 Å². The standard InChI is InChI=1S/C18H16F2N2O2/c1-11-2-5-13(6-3-11)22-9-8-16(18(22)24)21-17(23)14-7-4-12(19)10-15(14)20/h2-7,10,16H,8-9H2,1H3,(H,21,23). The highest BCUT2D eigenvalue weighted by Gasteiger charge is 2.34. The molecule has 124 valence electrons. The van der Waals surface area contributed by atoms with E-state index in [1.165, 1.54) is 0 Å². The number of anilines is 1. The number of halogens is 2. The molecule has 1 atom stereocenters. The van der Waals surface area contributed by atoms with Crippen molar-refractivity contribution in [3.63, 3.8) is 0 Å². The van der Waals surface area contributed by atoms with Gasteiger partial charge in [0.15, 0.2) is 0 Å². The third kappa shape index (κ3) is 3.13. The summed E-state index contributed by atoms with van der Waals surface area (Å²) in [6, 6.07) is 9.50. The lowest BCUT2D eigenvalue weighted by Crippen LogP contribution is -2.41. The maximum Gasteiger partial charge on any atom is 0.254 e. The van der Waals surface area contributed by atoms with Crippen LogP contribution in [0.25, 0.3) is 0 Å². The van der Waals surface area contributed by atoms with Gasteiger partial charge in [0.1, 0.15) is 17.7 Å². The first kappa shape index (κ1) is 16.1. The van der Waals surface area contributed by atoms with Gasteiger partial charge in [-0.15, -0.1) is 0 Å². The van der Waals surface area contributed by atoms with Gasteiger partial charge in [-0.25, -0.2) is 8.78 Å². The lowest BCUT2D eigenvalue weighted by molar-refractivity contribution is -0.118. The number of benzene rings is 2. The molecule has 0 saturated carbocycles. The molecule has 0 bridgehead atoms. The maximum absolute atomic E-state index is 13.7. The van der Waals surface area contributed by atoms with Crippen molar-refractivity contribution < 1.29 is 18.4 Å². The Kier molecular flexibility index (Phi) is 4.29. The topological polar surface area (TPSA) is 49.4 Å². The molecule has 4 nitrogen and oxygen atoms in total. The van der Waals surface area contributed by atoms with Crippen molar-refractivity contribution in [3.8, 4) is 0 Å². The summed E-state index contributed by atoms with van der Waals surface area (Å²) in [6.07, 6.45) is 0.432. The van der Waals surface area contributed by atoms with E-state index in [-0.39, 0.29) is 11.5 Å². The van der Waals surface area contributed by atoms with Gasteiger partial charge in [-0.05, 0) is 37.6 Å². The zero-order valence-electron chi connectivity index (χ0n) is 13.1. The molecule has 1 aliphatic rings.